The quantitative estimate of drug-likeness (QED) is 0.675. The second-order valence-electron chi connectivity index (χ2n) is 4.18. The molecule has 0 aliphatic heterocycles. The van der Waals surface area contributed by atoms with Crippen LogP contribution in [0.3, 0.4) is 0 Å². The summed E-state index contributed by atoms with van der Waals surface area (Å²) in [5.74, 6) is 2.09. The van der Waals surface area contributed by atoms with Gasteiger partial charge in [-0.05, 0) is 46.5 Å². The van der Waals surface area contributed by atoms with Gasteiger partial charge in [-0.25, -0.2) is 0 Å². The molecule has 1 aromatic rings. The lowest BCUT2D eigenvalue weighted by Gasteiger charge is -2.16. The fraction of sp³-hybridized carbons (Fsp3) is 0.538. The molecule has 1 rings (SSSR count). The summed E-state index contributed by atoms with van der Waals surface area (Å²) in [5.41, 5.74) is 1.16. The lowest BCUT2D eigenvalue weighted by atomic mass is 10.2. The van der Waals surface area contributed by atoms with Gasteiger partial charge in [-0.1, -0.05) is 29.8 Å². The van der Waals surface area contributed by atoms with E-state index in [4.69, 9.17) is 9.47 Å². The van der Waals surface area contributed by atoms with Crippen LogP contribution >= 0.6 is 31.9 Å². The van der Waals surface area contributed by atoms with Crippen molar-refractivity contribution in [1.29, 1.82) is 0 Å². The summed E-state index contributed by atoms with van der Waals surface area (Å²) >= 11 is 6.98. The van der Waals surface area contributed by atoms with Crippen LogP contribution in [0.25, 0.3) is 0 Å². The Kier molecular flexibility index (Phi) is 6.34. The van der Waals surface area contributed by atoms with Gasteiger partial charge in [-0.3, -0.25) is 0 Å². The second kappa shape index (κ2) is 7.27. The van der Waals surface area contributed by atoms with Crippen molar-refractivity contribution in [2.24, 2.45) is 5.92 Å². The number of halogens is 2. The SMILES string of the molecule is CCOc1cc(CBr)cc(Br)c1OCC(C)C. The van der Waals surface area contributed by atoms with Crippen LogP contribution in [0.1, 0.15) is 26.3 Å². The molecule has 0 bridgehead atoms. The first-order valence-electron chi connectivity index (χ1n) is 5.72. The molecule has 0 unspecified atom stereocenters. The molecule has 4 heteroatoms. The molecule has 0 aliphatic rings. The van der Waals surface area contributed by atoms with E-state index in [-0.39, 0.29) is 0 Å². The first-order valence-corrected chi connectivity index (χ1v) is 7.63. The van der Waals surface area contributed by atoms with E-state index in [2.05, 4.69) is 45.7 Å². The number of hydrogen-bond donors (Lipinski definition) is 0. The normalized spacial score (nSPS) is 10.7. The smallest absolute Gasteiger partial charge is 0.175 e. The maximum Gasteiger partial charge on any atom is 0.175 e. The Hall–Kier alpha value is -0.220. The highest BCUT2D eigenvalue weighted by Crippen LogP contribution is 2.37. The van der Waals surface area contributed by atoms with E-state index in [1.165, 1.54) is 0 Å². The highest BCUT2D eigenvalue weighted by Gasteiger charge is 2.12. The summed E-state index contributed by atoms with van der Waals surface area (Å²) in [6, 6.07) is 4.06. The van der Waals surface area contributed by atoms with E-state index in [1.54, 1.807) is 0 Å². The Labute approximate surface area is 120 Å². The summed E-state index contributed by atoms with van der Waals surface area (Å²) < 4.78 is 12.4. The van der Waals surface area contributed by atoms with Crippen LogP contribution in [0.2, 0.25) is 0 Å². The molecule has 0 aromatic heterocycles. The lowest BCUT2D eigenvalue weighted by molar-refractivity contribution is 0.246. The van der Waals surface area contributed by atoms with Crippen LogP contribution in [0.15, 0.2) is 16.6 Å². The second-order valence-corrected chi connectivity index (χ2v) is 5.59. The van der Waals surface area contributed by atoms with Gasteiger partial charge in [-0.15, -0.1) is 0 Å². The third kappa shape index (κ3) is 4.51. The van der Waals surface area contributed by atoms with Crippen molar-refractivity contribution in [2.45, 2.75) is 26.1 Å². The molecule has 0 radical (unpaired) electrons. The zero-order chi connectivity index (χ0) is 12.8. The number of hydrogen-bond acceptors (Lipinski definition) is 2. The van der Waals surface area contributed by atoms with Crippen molar-refractivity contribution in [2.75, 3.05) is 13.2 Å². The Morgan fingerprint density at radius 3 is 2.47 bits per heavy atom. The molecule has 96 valence electrons. The predicted molar refractivity (Wildman–Crippen MR) is 78.3 cm³/mol. The number of ether oxygens (including phenoxy) is 2. The molecule has 0 atom stereocenters. The minimum atomic E-state index is 0.493. The van der Waals surface area contributed by atoms with Gasteiger partial charge in [-0.2, -0.15) is 0 Å². The largest absolute Gasteiger partial charge is 0.490 e. The Morgan fingerprint density at radius 2 is 1.94 bits per heavy atom. The van der Waals surface area contributed by atoms with Crippen molar-refractivity contribution in [3.8, 4) is 11.5 Å². The van der Waals surface area contributed by atoms with E-state index < -0.39 is 0 Å². The highest BCUT2D eigenvalue weighted by atomic mass is 79.9. The van der Waals surface area contributed by atoms with Gasteiger partial charge in [0.05, 0.1) is 17.7 Å². The van der Waals surface area contributed by atoms with E-state index in [1.807, 2.05) is 19.1 Å². The van der Waals surface area contributed by atoms with E-state index >= 15 is 0 Å². The van der Waals surface area contributed by atoms with Gasteiger partial charge in [0.15, 0.2) is 11.5 Å². The van der Waals surface area contributed by atoms with Gasteiger partial charge in [0.25, 0.3) is 0 Å². The summed E-state index contributed by atoms with van der Waals surface area (Å²) in [6.07, 6.45) is 0. The molecule has 0 aliphatic carbocycles. The van der Waals surface area contributed by atoms with E-state index in [0.717, 1.165) is 26.9 Å². The number of alkyl halides is 1. The molecular formula is C13H18Br2O2. The molecule has 0 N–H and O–H groups in total. The maximum atomic E-state index is 5.79. The van der Waals surface area contributed by atoms with Crippen LogP contribution in [-0.4, -0.2) is 13.2 Å². The Balaban J connectivity index is 2.98. The molecule has 0 saturated heterocycles. The zero-order valence-corrected chi connectivity index (χ0v) is 13.6. The van der Waals surface area contributed by atoms with Gasteiger partial charge < -0.3 is 9.47 Å². The van der Waals surface area contributed by atoms with Gasteiger partial charge in [0.2, 0.25) is 0 Å². The van der Waals surface area contributed by atoms with Crippen molar-refractivity contribution in [3.63, 3.8) is 0 Å². The molecular weight excluding hydrogens is 348 g/mol. The van der Waals surface area contributed by atoms with Crippen molar-refractivity contribution < 1.29 is 9.47 Å². The fourth-order valence-corrected chi connectivity index (χ4v) is 2.28. The lowest BCUT2D eigenvalue weighted by Crippen LogP contribution is -2.07. The topological polar surface area (TPSA) is 18.5 Å². The minimum Gasteiger partial charge on any atom is -0.490 e. The maximum absolute atomic E-state index is 5.79. The molecule has 0 heterocycles. The standard InChI is InChI=1S/C13H18Br2O2/c1-4-16-12-6-10(7-14)5-11(15)13(12)17-8-9(2)3/h5-6,9H,4,7-8H2,1-3H3. The minimum absolute atomic E-state index is 0.493. The van der Waals surface area contributed by atoms with Crippen LogP contribution in [0.5, 0.6) is 11.5 Å². The molecule has 2 nitrogen and oxygen atoms in total. The molecule has 17 heavy (non-hydrogen) atoms. The third-order valence-electron chi connectivity index (χ3n) is 2.08. The van der Waals surface area contributed by atoms with E-state index in [0.29, 0.717) is 19.1 Å². The van der Waals surface area contributed by atoms with Crippen LogP contribution in [0, 0.1) is 5.92 Å². The first kappa shape index (κ1) is 14.8. The highest BCUT2D eigenvalue weighted by molar-refractivity contribution is 9.10. The van der Waals surface area contributed by atoms with Crippen molar-refractivity contribution in [3.05, 3.63) is 22.2 Å². The van der Waals surface area contributed by atoms with Crippen LogP contribution in [-0.2, 0) is 5.33 Å². The van der Waals surface area contributed by atoms with Gasteiger partial charge in [0, 0.05) is 5.33 Å². The van der Waals surface area contributed by atoms with E-state index in [9.17, 15) is 0 Å². The monoisotopic (exact) mass is 364 g/mol. The van der Waals surface area contributed by atoms with Gasteiger partial charge in [0.1, 0.15) is 0 Å². The third-order valence-corrected chi connectivity index (χ3v) is 3.32. The van der Waals surface area contributed by atoms with Crippen LogP contribution < -0.4 is 9.47 Å². The Morgan fingerprint density at radius 1 is 1.24 bits per heavy atom. The summed E-state index contributed by atoms with van der Waals surface area (Å²) in [7, 11) is 0. The molecule has 0 spiro atoms. The fourth-order valence-electron chi connectivity index (χ4n) is 1.35. The summed E-state index contributed by atoms with van der Waals surface area (Å²) in [6.45, 7) is 7.55. The summed E-state index contributed by atoms with van der Waals surface area (Å²) in [4.78, 5) is 0. The van der Waals surface area contributed by atoms with Crippen molar-refractivity contribution >= 4 is 31.9 Å². The van der Waals surface area contributed by atoms with Gasteiger partial charge >= 0.3 is 0 Å². The average Bonchev–Trinajstić information content (AvgIpc) is 2.27. The van der Waals surface area contributed by atoms with Crippen molar-refractivity contribution in [1.82, 2.24) is 0 Å². The van der Waals surface area contributed by atoms with Crippen LogP contribution in [0.4, 0.5) is 0 Å². The first-order chi connectivity index (χ1) is 8.08. The molecule has 1 aromatic carbocycles. The average molecular weight is 366 g/mol. The Bertz CT molecular complexity index is 365. The predicted octanol–water partition coefficient (Wildman–Crippen LogP) is 4.78. The molecule has 0 saturated carbocycles. The number of benzene rings is 1. The number of rotatable bonds is 6. The molecule has 0 amide bonds. The summed E-state index contributed by atoms with van der Waals surface area (Å²) in [5, 5.41) is 0.802. The molecule has 0 fully saturated rings. The zero-order valence-electron chi connectivity index (χ0n) is 10.4.